The number of hydrogen-bond donors (Lipinski definition) is 4. The number of imidazole rings is 2. The van der Waals surface area contributed by atoms with E-state index in [9.17, 15) is 19.2 Å². The van der Waals surface area contributed by atoms with Crippen LogP contribution in [-0.2, 0) is 19.1 Å². The van der Waals surface area contributed by atoms with Crippen molar-refractivity contribution in [2.75, 3.05) is 46.9 Å². The Labute approximate surface area is 356 Å². The summed E-state index contributed by atoms with van der Waals surface area (Å²) < 4.78 is 9.68. The van der Waals surface area contributed by atoms with Crippen molar-refractivity contribution in [1.29, 1.82) is 0 Å². The van der Waals surface area contributed by atoms with Gasteiger partial charge in [0.2, 0.25) is 5.91 Å². The molecule has 2 fully saturated rings. The molecule has 4 atom stereocenters. The highest BCUT2D eigenvalue weighted by Crippen LogP contribution is 2.36. The third-order valence-electron chi connectivity index (χ3n) is 11.9. The number of nitrogens with zero attached hydrogens (tertiary/aromatic N) is 5. The fourth-order valence-corrected chi connectivity index (χ4v) is 8.41. The average Bonchev–Trinajstić information content (AvgIpc) is 4.15. The maximum Gasteiger partial charge on any atom is 0.407 e. The lowest BCUT2D eigenvalue weighted by Gasteiger charge is -2.29. The first-order chi connectivity index (χ1) is 29.7. The molecular weight excluding hydrogens is 775 g/mol. The Morgan fingerprint density at radius 3 is 1.66 bits per heavy atom. The lowest BCUT2D eigenvalue weighted by molar-refractivity contribution is -0.135. The van der Waals surface area contributed by atoms with E-state index in [0.29, 0.717) is 37.4 Å². The summed E-state index contributed by atoms with van der Waals surface area (Å²) in [6, 6.07) is 23.6. The molecule has 0 aliphatic carbocycles. The topological polar surface area (TPSA) is 178 Å². The molecule has 0 saturated carbocycles. The van der Waals surface area contributed by atoms with Crippen LogP contribution in [0.15, 0.2) is 91.3 Å². The summed E-state index contributed by atoms with van der Waals surface area (Å²) in [5, 5.41) is 5.48. The normalized spacial score (nSPS) is 17.3. The van der Waals surface area contributed by atoms with Gasteiger partial charge in [0.1, 0.15) is 23.7 Å². The van der Waals surface area contributed by atoms with Crippen LogP contribution in [0, 0.1) is 0 Å². The molecule has 0 bridgehead atoms. The molecule has 2 aromatic heterocycles. The first-order valence-corrected chi connectivity index (χ1v) is 21.1. The highest BCUT2D eigenvalue weighted by Gasteiger charge is 2.38. The van der Waals surface area contributed by atoms with Crippen molar-refractivity contribution >= 4 is 24.0 Å². The average molecular weight is 830 g/mol. The van der Waals surface area contributed by atoms with E-state index in [-0.39, 0.29) is 23.9 Å². The van der Waals surface area contributed by atoms with E-state index in [4.69, 9.17) is 19.4 Å². The Hall–Kier alpha value is -6.48. The lowest BCUT2D eigenvalue weighted by Crippen LogP contribution is -2.49. The molecule has 3 aromatic carbocycles. The number of ether oxygens (including phenoxy) is 2. The first kappa shape index (κ1) is 42.6. The van der Waals surface area contributed by atoms with Gasteiger partial charge < -0.3 is 44.8 Å². The van der Waals surface area contributed by atoms with Gasteiger partial charge in [0.05, 0.1) is 50.1 Å². The van der Waals surface area contributed by atoms with Crippen molar-refractivity contribution in [1.82, 2.24) is 45.3 Å². The van der Waals surface area contributed by atoms with E-state index in [1.165, 1.54) is 14.2 Å². The number of rotatable bonds is 15. The van der Waals surface area contributed by atoms with Crippen molar-refractivity contribution in [3.63, 3.8) is 0 Å². The zero-order valence-electron chi connectivity index (χ0n) is 35.2. The number of H-pyrrole nitrogens is 2. The molecule has 2 saturated heterocycles. The maximum absolute atomic E-state index is 13.9. The predicted octanol–water partition coefficient (Wildman–Crippen LogP) is 7.01. The highest BCUT2D eigenvalue weighted by molar-refractivity contribution is 5.88. The Balaban J connectivity index is 0.997. The summed E-state index contributed by atoms with van der Waals surface area (Å²) in [5.41, 5.74) is 6.42. The molecule has 15 nitrogen and oxygen atoms in total. The van der Waals surface area contributed by atoms with E-state index in [2.05, 4.69) is 87.9 Å². The zero-order chi connectivity index (χ0) is 42.9. The number of methoxy groups -OCH3 is 2. The second-order valence-corrected chi connectivity index (χ2v) is 15.4. The SMILES string of the molecule is CCN(CC)CCC(NC(=O)OC)C(=O)N1CCC[C@H]1c1ncc(-c2ccc(-c3ccc(-c4cnc([C@@H]5CCCN5C(=O)[C@H](NC(=O)OC)c5ccccc5)[nH]4)cc3)cc2)[nH]1. The molecule has 4 N–H and O–H groups in total. The van der Waals surface area contributed by atoms with E-state index in [1.807, 2.05) is 41.4 Å². The van der Waals surface area contributed by atoms with E-state index >= 15 is 0 Å². The van der Waals surface area contributed by atoms with Crippen LogP contribution >= 0.6 is 0 Å². The third kappa shape index (κ3) is 9.78. The number of benzene rings is 3. The number of hydrogen-bond acceptors (Lipinski definition) is 9. The highest BCUT2D eigenvalue weighted by atomic mass is 16.5. The van der Waals surface area contributed by atoms with Gasteiger partial charge in [0.25, 0.3) is 5.91 Å². The molecule has 1 unspecified atom stereocenters. The van der Waals surface area contributed by atoms with Crippen molar-refractivity contribution in [3.05, 3.63) is 108 Å². The van der Waals surface area contributed by atoms with Crippen LogP contribution in [0.4, 0.5) is 9.59 Å². The second kappa shape index (κ2) is 19.7. The third-order valence-corrected chi connectivity index (χ3v) is 11.9. The van der Waals surface area contributed by atoms with Gasteiger partial charge in [-0.15, -0.1) is 0 Å². The van der Waals surface area contributed by atoms with Gasteiger partial charge >= 0.3 is 12.2 Å². The lowest BCUT2D eigenvalue weighted by atomic mass is 10.0. The molecule has 4 amide bonds. The standard InChI is InChI=1S/C46H55N9O6/c1-5-53(6-2)27-24-35(51-45(58)60-3)43(56)54-25-10-14-38(54)41-47-28-36(49-41)32-20-16-30(17-21-32)31-18-22-33(23-19-31)37-29-48-42(50-37)39-15-11-26-55(39)44(57)40(52-46(59)61-4)34-12-8-7-9-13-34/h7-9,12-13,16-23,28-29,35,38-40H,5-6,10-11,14-15,24-27H2,1-4H3,(H,47,49)(H,48,50)(H,51,58)(H,52,59)/t35?,38-,39-,40+/m0/s1. The molecule has 0 radical (unpaired) electrons. The fourth-order valence-electron chi connectivity index (χ4n) is 8.41. The van der Waals surface area contributed by atoms with Crippen molar-refractivity contribution < 1.29 is 28.7 Å². The van der Waals surface area contributed by atoms with E-state index in [1.54, 1.807) is 11.1 Å². The number of amides is 4. The van der Waals surface area contributed by atoms with Gasteiger partial charge in [-0.05, 0) is 73.0 Å². The summed E-state index contributed by atoms with van der Waals surface area (Å²) in [5.74, 6) is 1.08. The minimum absolute atomic E-state index is 0.127. The van der Waals surface area contributed by atoms with Crippen LogP contribution in [0.25, 0.3) is 33.6 Å². The Morgan fingerprint density at radius 1 is 0.689 bits per heavy atom. The first-order valence-electron chi connectivity index (χ1n) is 21.1. The van der Waals surface area contributed by atoms with E-state index < -0.39 is 24.3 Å². The van der Waals surface area contributed by atoms with Gasteiger partial charge in [-0.25, -0.2) is 19.6 Å². The smallest absolute Gasteiger partial charge is 0.407 e. The number of carbonyl (C=O) groups is 4. The summed E-state index contributed by atoms with van der Waals surface area (Å²) >= 11 is 0. The fraction of sp³-hybridized carbons (Fsp3) is 0.391. The largest absolute Gasteiger partial charge is 0.453 e. The molecule has 7 rings (SSSR count). The molecule has 2 aliphatic heterocycles. The minimum Gasteiger partial charge on any atom is -0.453 e. The summed E-state index contributed by atoms with van der Waals surface area (Å²) in [4.78, 5) is 74.4. The number of aromatic amines is 2. The number of alkyl carbamates (subject to hydrolysis) is 2. The molecular formula is C46H55N9O6. The second-order valence-electron chi connectivity index (χ2n) is 15.4. The van der Waals surface area contributed by atoms with Crippen LogP contribution in [0.2, 0.25) is 0 Å². The Bertz CT molecular complexity index is 2250. The van der Waals surface area contributed by atoms with E-state index in [0.717, 1.165) is 78.2 Å². The van der Waals surface area contributed by atoms with Gasteiger partial charge in [-0.1, -0.05) is 92.7 Å². The molecule has 61 heavy (non-hydrogen) atoms. The molecule has 320 valence electrons. The van der Waals surface area contributed by atoms with Crippen molar-refractivity contribution in [3.8, 4) is 33.6 Å². The van der Waals surface area contributed by atoms with Gasteiger partial charge in [-0.3, -0.25) is 9.59 Å². The molecule has 15 heteroatoms. The van der Waals surface area contributed by atoms with Crippen LogP contribution in [-0.4, -0.2) is 112 Å². The Morgan fingerprint density at radius 2 is 1.16 bits per heavy atom. The van der Waals surface area contributed by atoms with Gasteiger partial charge in [0.15, 0.2) is 0 Å². The zero-order valence-corrected chi connectivity index (χ0v) is 35.2. The maximum atomic E-state index is 13.9. The van der Waals surface area contributed by atoms with Crippen LogP contribution < -0.4 is 10.6 Å². The minimum atomic E-state index is -0.882. The number of carbonyl (C=O) groups excluding carboxylic acids is 4. The number of aromatic nitrogens is 4. The summed E-state index contributed by atoms with van der Waals surface area (Å²) in [6.07, 6.45) is 5.99. The monoisotopic (exact) mass is 829 g/mol. The van der Waals surface area contributed by atoms with Gasteiger partial charge in [0, 0.05) is 19.6 Å². The summed E-state index contributed by atoms with van der Waals surface area (Å²) in [7, 11) is 2.59. The van der Waals surface area contributed by atoms with Crippen LogP contribution in [0.3, 0.4) is 0 Å². The number of likely N-dealkylation sites (tertiary alicyclic amines) is 2. The molecule has 5 aromatic rings. The quantitative estimate of drug-likeness (QED) is 0.0864. The van der Waals surface area contributed by atoms with Gasteiger partial charge in [-0.2, -0.15) is 0 Å². The van der Waals surface area contributed by atoms with Crippen LogP contribution in [0.1, 0.15) is 81.3 Å². The van der Waals surface area contributed by atoms with Crippen molar-refractivity contribution in [2.24, 2.45) is 0 Å². The predicted molar refractivity (Wildman–Crippen MR) is 231 cm³/mol. The molecule has 2 aliphatic rings. The molecule has 0 spiro atoms. The number of nitrogens with one attached hydrogen (secondary N) is 4. The molecule has 4 heterocycles. The Kier molecular flexibility index (Phi) is 13.8. The van der Waals surface area contributed by atoms with Crippen molar-refractivity contribution in [2.45, 2.75) is 70.1 Å². The summed E-state index contributed by atoms with van der Waals surface area (Å²) in [6.45, 7) is 7.72. The van der Waals surface area contributed by atoms with Crippen LogP contribution in [0.5, 0.6) is 0 Å².